The Bertz CT molecular complexity index is 802. The van der Waals surface area contributed by atoms with Gasteiger partial charge in [-0.3, -0.25) is 19.3 Å². The average Bonchev–Trinajstić information content (AvgIpc) is 2.78. The summed E-state index contributed by atoms with van der Waals surface area (Å²) in [6.07, 6.45) is 2.87. The van der Waals surface area contributed by atoms with Crippen LogP contribution >= 0.6 is 0 Å². The maximum Gasteiger partial charge on any atom is 0.274 e. The van der Waals surface area contributed by atoms with Crippen LogP contribution in [0.1, 0.15) is 0 Å². The van der Waals surface area contributed by atoms with Gasteiger partial charge in [0.1, 0.15) is 5.52 Å². The fourth-order valence-electron chi connectivity index (χ4n) is 1.78. The summed E-state index contributed by atoms with van der Waals surface area (Å²) in [5.74, 6) is 0. The predicted octanol–water partition coefficient (Wildman–Crippen LogP) is 1.08. The Morgan fingerprint density at radius 2 is 2.18 bits per heavy atom. The molecule has 0 spiro atoms. The summed E-state index contributed by atoms with van der Waals surface area (Å²) in [5, 5.41) is 10.7. The second-order valence-corrected chi connectivity index (χ2v) is 3.56. The molecular weight excluding hydrogens is 224 g/mol. The summed E-state index contributed by atoms with van der Waals surface area (Å²) < 4.78 is 1.53. The van der Waals surface area contributed by atoms with Gasteiger partial charge in [-0.1, -0.05) is 0 Å². The summed E-state index contributed by atoms with van der Waals surface area (Å²) in [5.41, 5.74) is 1.14. The molecule has 0 amide bonds. The van der Waals surface area contributed by atoms with Crippen LogP contribution in [0.5, 0.6) is 0 Å². The van der Waals surface area contributed by atoms with Gasteiger partial charge in [-0.2, -0.15) is 0 Å². The molecule has 0 saturated heterocycles. The number of fused-ring (bicyclic) bond motifs is 3. The molecule has 0 aliphatic heterocycles. The van der Waals surface area contributed by atoms with Crippen molar-refractivity contribution >= 4 is 22.2 Å². The Labute approximate surface area is 93.5 Å². The van der Waals surface area contributed by atoms with Crippen molar-refractivity contribution in [2.45, 2.75) is 0 Å². The number of aromatic nitrogens is 3. The van der Waals surface area contributed by atoms with E-state index in [4.69, 9.17) is 0 Å². The topological polar surface area (TPSA) is 93.3 Å². The van der Waals surface area contributed by atoms with Gasteiger partial charge in [0, 0.05) is 12.1 Å². The van der Waals surface area contributed by atoms with Crippen molar-refractivity contribution in [3.63, 3.8) is 0 Å². The summed E-state index contributed by atoms with van der Waals surface area (Å²) >= 11 is 0. The zero-order valence-corrected chi connectivity index (χ0v) is 8.45. The lowest BCUT2D eigenvalue weighted by molar-refractivity contribution is -0.384. The van der Waals surface area contributed by atoms with Crippen molar-refractivity contribution in [1.29, 1.82) is 0 Å². The predicted molar refractivity (Wildman–Crippen MR) is 60.0 cm³/mol. The number of nitro benzene ring substituents is 1. The lowest BCUT2D eigenvalue weighted by Crippen LogP contribution is -2.09. The molecule has 3 aromatic rings. The number of nitrogens with one attached hydrogen (secondary N) is 1. The van der Waals surface area contributed by atoms with Gasteiger partial charge in [-0.15, -0.1) is 0 Å². The molecule has 84 valence electrons. The molecule has 0 atom stereocenters. The van der Waals surface area contributed by atoms with Gasteiger partial charge in [0.05, 0.1) is 28.5 Å². The van der Waals surface area contributed by atoms with E-state index in [1.165, 1.54) is 35.1 Å². The second kappa shape index (κ2) is 3.14. The molecule has 2 heterocycles. The number of H-pyrrole nitrogens is 1. The lowest BCUT2D eigenvalue weighted by Gasteiger charge is -2.01. The van der Waals surface area contributed by atoms with E-state index in [1.54, 1.807) is 0 Å². The van der Waals surface area contributed by atoms with Crippen LogP contribution < -0.4 is 5.56 Å². The highest BCUT2D eigenvalue weighted by Gasteiger charge is 2.10. The molecular formula is C10H6N4O3. The maximum atomic E-state index is 11.6. The van der Waals surface area contributed by atoms with Crippen LogP contribution in [-0.4, -0.2) is 19.3 Å². The minimum absolute atomic E-state index is 0.0282. The molecule has 17 heavy (non-hydrogen) atoms. The molecule has 0 bridgehead atoms. The van der Waals surface area contributed by atoms with Crippen LogP contribution in [0.15, 0.2) is 35.5 Å². The number of rotatable bonds is 1. The first-order chi connectivity index (χ1) is 8.16. The normalized spacial score (nSPS) is 11.1. The number of benzene rings is 1. The number of hydrogen-bond acceptors (Lipinski definition) is 4. The maximum absolute atomic E-state index is 11.6. The van der Waals surface area contributed by atoms with Crippen LogP contribution in [0.4, 0.5) is 5.69 Å². The first-order valence-corrected chi connectivity index (χ1v) is 4.79. The summed E-state index contributed by atoms with van der Waals surface area (Å²) in [7, 11) is 0. The van der Waals surface area contributed by atoms with E-state index < -0.39 is 4.92 Å². The first kappa shape index (κ1) is 9.52. The lowest BCUT2D eigenvalue weighted by atomic mass is 10.2. The third-order valence-electron chi connectivity index (χ3n) is 2.57. The van der Waals surface area contributed by atoms with Gasteiger partial charge >= 0.3 is 0 Å². The van der Waals surface area contributed by atoms with E-state index in [2.05, 4.69) is 9.97 Å². The summed E-state index contributed by atoms with van der Waals surface area (Å²) in [6, 6.07) is 4.26. The number of non-ortho nitro benzene ring substituents is 1. The van der Waals surface area contributed by atoms with Crippen LogP contribution in [0, 0.1) is 10.1 Å². The minimum atomic E-state index is -0.479. The largest absolute Gasteiger partial charge is 0.319 e. The van der Waals surface area contributed by atoms with Crippen molar-refractivity contribution in [2.24, 2.45) is 0 Å². The van der Waals surface area contributed by atoms with Crippen LogP contribution in [-0.2, 0) is 0 Å². The van der Waals surface area contributed by atoms with Crippen molar-refractivity contribution in [2.75, 3.05) is 0 Å². The van der Waals surface area contributed by atoms with Crippen molar-refractivity contribution in [3.05, 3.63) is 51.2 Å². The number of nitro groups is 1. The van der Waals surface area contributed by atoms with Crippen LogP contribution in [0.3, 0.4) is 0 Å². The Balaban J connectivity index is 2.53. The molecule has 0 radical (unpaired) electrons. The fourth-order valence-corrected chi connectivity index (χ4v) is 1.78. The van der Waals surface area contributed by atoms with Gasteiger partial charge in [-0.25, -0.2) is 4.98 Å². The zero-order chi connectivity index (χ0) is 12.0. The number of hydrogen-bond donors (Lipinski definition) is 1. The molecule has 7 nitrogen and oxygen atoms in total. The molecule has 0 fully saturated rings. The molecule has 7 heteroatoms. The third kappa shape index (κ3) is 1.29. The van der Waals surface area contributed by atoms with E-state index in [9.17, 15) is 14.9 Å². The molecule has 2 aromatic heterocycles. The molecule has 1 N–H and O–H groups in total. The van der Waals surface area contributed by atoms with E-state index in [1.807, 2.05) is 0 Å². The van der Waals surface area contributed by atoms with Crippen molar-refractivity contribution < 1.29 is 4.92 Å². The van der Waals surface area contributed by atoms with E-state index in [0.717, 1.165) is 0 Å². The molecule has 1 aromatic carbocycles. The van der Waals surface area contributed by atoms with E-state index >= 15 is 0 Å². The first-order valence-electron chi connectivity index (χ1n) is 4.79. The second-order valence-electron chi connectivity index (χ2n) is 3.56. The Morgan fingerprint density at radius 1 is 1.35 bits per heavy atom. The summed E-state index contributed by atoms with van der Waals surface area (Å²) in [6.45, 7) is 0. The Hall–Kier alpha value is -2.70. The summed E-state index contributed by atoms with van der Waals surface area (Å²) in [4.78, 5) is 28.3. The Morgan fingerprint density at radius 3 is 2.94 bits per heavy atom. The highest BCUT2D eigenvalue weighted by atomic mass is 16.6. The monoisotopic (exact) mass is 230 g/mol. The molecule has 0 saturated carbocycles. The van der Waals surface area contributed by atoms with Gasteiger partial charge < -0.3 is 4.98 Å². The van der Waals surface area contributed by atoms with Crippen LogP contribution in [0.25, 0.3) is 16.6 Å². The fraction of sp³-hybridized carbons (Fsp3) is 0. The molecule has 3 rings (SSSR count). The van der Waals surface area contributed by atoms with Gasteiger partial charge in [0.25, 0.3) is 11.2 Å². The quantitative estimate of drug-likeness (QED) is 0.500. The molecule has 0 unspecified atom stereocenters. The van der Waals surface area contributed by atoms with E-state index in [-0.39, 0.29) is 11.2 Å². The highest BCUT2D eigenvalue weighted by molar-refractivity contribution is 5.80. The zero-order valence-electron chi connectivity index (χ0n) is 8.45. The third-order valence-corrected chi connectivity index (χ3v) is 2.57. The van der Waals surface area contributed by atoms with Crippen LogP contribution in [0.2, 0.25) is 0 Å². The average molecular weight is 230 g/mol. The van der Waals surface area contributed by atoms with Gasteiger partial charge in [0.2, 0.25) is 0 Å². The number of nitrogens with zero attached hydrogens (tertiary/aromatic N) is 3. The minimum Gasteiger partial charge on any atom is -0.319 e. The number of aromatic amines is 1. The molecule has 0 aliphatic rings. The highest BCUT2D eigenvalue weighted by Crippen LogP contribution is 2.18. The standard InChI is InChI=1S/C10H6N4O3/c15-10-9-4-11-5-13(9)8-3-6(14(16)17)1-2-7(8)12-10/h1-5H,(H,12,15). The smallest absolute Gasteiger partial charge is 0.274 e. The van der Waals surface area contributed by atoms with Crippen molar-refractivity contribution in [1.82, 2.24) is 14.4 Å². The number of imidazole rings is 1. The van der Waals surface area contributed by atoms with E-state index in [0.29, 0.717) is 16.6 Å². The van der Waals surface area contributed by atoms with Gasteiger partial charge in [0.15, 0.2) is 0 Å². The Kier molecular flexibility index (Phi) is 1.76. The van der Waals surface area contributed by atoms with Gasteiger partial charge in [-0.05, 0) is 6.07 Å². The molecule has 0 aliphatic carbocycles. The SMILES string of the molecule is O=c1[nH]c2ccc([N+](=O)[O-])cc2n2cncc12. The van der Waals surface area contributed by atoms with Crippen molar-refractivity contribution in [3.8, 4) is 0 Å².